The maximum absolute atomic E-state index is 5.99. The third-order valence-corrected chi connectivity index (χ3v) is 6.83. The fraction of sp³-hybridized carbons (Fsp3) is 0.429. The Kier molecular flexibility index (Phi) is 4.40. The number of hydrogen-bond donors (Lipinski definition) is 0. The van der Waals surface area contributed by atoms with Crippen molar-refractivity contribution in [2.75, 3.05) is 0 Å². The van der Waals surface area contributed by atoms with Crippen LogP contribution in [0.4, 0.5) is 0 Å². The number of aromatic nitrogens is 4. The van der Waals surface area contributed by atoms with Crippen molar-refractivity contribution in [2.45, 2.75) is 37.2 Å². The van der Waals surface area contributed by atoms with Gasteiger partial charge in [-0.2, -0.15) is 0 Å². The van der Waals surface area contributed by atoms with Gasteiger partial charge in [-0.05, 0) is 36.8 Å². The molecular weight excluding hydrogens is 372 g/mol. The Balaban J connectivity index is 1.49. The molecule has 23 heavy (non-hydrogen) atoms. The highest BCUT2D eigenvalue weighted by molar-refractivity contribution is 7.98. The highest BCUT2D eigenvalue weighted by Gasteiger charge is 2.21. The van der Waals surface area contributed by atoms with Crippen LogP contribution in [0.3, 0.4) is 0 Å². The van der Waals surface area contributed by atoms with Crippen LogP contribution in [0.5, 0.6) is 0 Å². The van der Waals surface area contributed by atoms with Crippen molar-refractivity contribution < 1.29 is 4.42 Å². The third-order valence-electron chi connectivity index (χ3n) is 3.79. The molecule has 0 saturated heterocycles. The SMILES string of the molecule is C[C@@H]1CCc2sc(-c3nnc(SCc4nnsc4Cl)o3)cc2C1. The van der Waals surface area contributed by atoms with E-state index in [0.717, 1.165) is 29.3 Å². The van der Waals surface area contributed by atoms with Crippen LogP contribution in [-0.4, -0.2) is 19.8 Å². The molecule has 0 aliphatic heterocycles. The van der Waals surface area contributed by atoms with E-state index in [1.165, 1.54) is 40.2 Å². The average Bonchev–Trinajstić information content (AvgIpc) is 3.23. The minimum Gasteiger partial charge on any atom is -0.410 e. The first-order chi connectivity index (χ1) is 11.2. The summed E-state index contributed by atoms with van der Waals surface area (Å²) in [6, 6.07) is 2.21. The van der Waals surface area contributed by atoms with Crippen molar-refractivity contribution in [1.82, 2.24) is 19.8 Å². The zero-order chi connectivity index (χ0) is 15.8. The summed E-state index contributed by atoms with van der Waals surface area (Å²) >= 11 is 10.4. The number of halogens is 1. The van der Waals surface area contributed by atoms with Crippen LogP contribution in [0.1, 0.15) is 29.5 Å². The Morgan fingerprint density at radius 3 is 3.13 bits per heavy atom. The molecule has 0 radical (unpaired) electrons. The normalized spacial score (nSPS) is 17.4. The molecule has 0 amide bonds. The zero-order valence-electron chi connectivity index (χ0n) is 12.3. The number of hydrogen-bond acceptors (Lipinski definition) is 8. The highest BCUT2D eigenvalue weighted by atomic mass is 35.5. The van der Waals surface area contributed by atoms with Crippen LogP contribution in [0.25, 0.3) is 10.8 Å². The van der Waals surface area contributed by atoms with Crippen LogP contribution in [0.15, 0.2) is 15.7 Å². The Morgan fingerprint density at radius 2 is 2.30 bits per heavy atom. The van der Waals surface area contributed by atoms with Crippen molar-refractivity contribution in [2.24, 2.45) is 5.92 Å². The number of thiophene rings is 1. The number of fused-ring (bicyclic) bond motifs is 1. The summed E-state index contributed by atoms with van der Waals surface area (Å²) in [7, 11) is 0. The first-order valence-electron chi connectivity index (χ1n) is 7.24. The number of rotatable bonds is 4. The van der Waals surface area contributed by atoms with E-state index in [2.05, 4.69) is 32.8 Å². The van der Waals surface area contributed by atoms with Gasteiger partial charge in [-0.3, -0.25) is 0 Å². The van der Waals surface area contributed by atoms with Crippen LogP contribution in [-0.2, 0) is 18.6 Å². The van der Waals surface area contributed by atoms with Crippen molar-refractivity contribution in [1.29, 1.82) is 0 Å². The lowest BCUT2D eigenvalue weighted by atomic mass is 9.90. The van der Waals surface area contributed by atoms with E-state index < -0.39 is 0 Å². The summed E-state index contributed by atoms with van der Waals surface area (Å²) in [6.45, 7) is 2.31. The second kappa shape index (κ2) is 6.51. The topological polar surface area (TPSA) is 64.7 Å². The van der Waals surface area contributed by atoms with Gasteiger partial charge in [0.25, 0.3) is 11.1 Å². The Morgan fingerprint density at radius 1 is 1.39 bits per heavy atom. The van der Waals surface area contributed by atoms with Crippen LogP contribution >= 0.6 is 46.2 Å². The molecule has 1 atom stereocenters. The summed E-state index contributed by atoms with van der Waals surface area (Å²) in [5.41, 5.74) is 2.19. The summed E-state index contributed by atoms with van der Waals surface area (Å²) in [6.07, 6.45) is 3.57. The second-order valence-corrected chi connectivity index (χ2v) is 8.98. The monoisotopic (exact) mass is 384 g/mol. The smallest absolute Gasteiger partial charge is 0.277 e. The average molecular weight is 385 g/mol. The van der Waals surface area contributed by atoms with E-state index in [4.69, 9.17) is 16.0 Å². The first kappa shape index (κ1) is 15.6. The molecule has 0 spiro atoms. The largest absolute Gasteiger partial charge is 0.410 e. The Hall–Kier alpha value is -0.960. The van der Waals surface area contributed by atoms with E-state index in [1.54, 1.807) is 11.3 Å². The van der Waals surface area contributed by atoms with E-state index in [1.807, 2.05) is 0 Å². The van der Waals surface area contributed by atoms with Gasteiger partial charge in [-0.15, -0.1) is 26.6 Å². The molecule has 0 saturated carbocycles. The predicted octanol–water partition coefficient (Wildman–Crippen LogP) is 4.72. The summed E-state index contributed by atoms with van der Waals surface area (Å²) < 4.78 is 10.2. The van der Waals surface area contributed by atoms with E-state index in [0.29, 0.717) is 21.2 Å². The van der Waals surface area contributed by atoms with Gasteiger partial charge in [0.2, 0.25) is 0 Å². The van der Waals surface area contributed by atoms with Crippen LogP contribution in [0, 0.1) is 5.92 Å². The molecule has 3 heterocycles. The summed E-state index contributed by atoms with van der Waals surface area (Å²) in [5.74, 6) is 1.94. The lowest BCUT2D eigenvalue weighted by Gasteiger charge is -2.16. The quantitative estimate of drug-likeness (QED) is 0.606. The molecule has 4 rings (SSSR count). The molecule has 0 bridgehead atoms. The molecule has 1 aliphatic carbocycles. The fourth-order valence-electron chi connectivity index (χ4n) is 2.59. The molecule has 0 fully saturated rings. The summed E-state index contributed by atoms with van der Waals surface area (Å²) in [4.78, 5) is 2.53. The maximum Gasteiger partial charge on any atom is 0.277 e. The van der Waals surface area contributed by atoms with E-state index in [-0.39, 0.29) is 0 Å². The maximum atomic E-state index is 5.99. The van der Waals surface area contributed by atoms with Crippen molar-refractivity contribution >= 4 is 46.2 Å². The standard InChI is InChI=1S/C14H13ClN4OS3/c1-7-2-3-10-8(4-7)5-11(22-10)13-17-18-14(20-13)21-6-9-12(15)23-19-16-9/h5,7H,2-4,6H2,1H3/t7-/m1/s1. The molecule has 3 aromatic heterocycles. The first-order valence-corrected chi connectivity index (χ1v) is 10.2. The molecule has 3 aromatic rings. The van der Waals surface area contributed by atoms with Gasteiger partial charge < -0.3 is 4.42 Å². The highest BCUT2D eigenvalue weighted by Crippen LogP contribution is 2.37. The predicted molar refractivity (Wildman–Crippen MR) is 93.3 cm³/mol. The zero-order valence-corrected chi connectivity index (χ0v) is 15.5. The molecule has 120 valence electrons. The molecule has 5 nitrogen and oxygen atoms in total. The second-order valence-electron chi connectivity index (χ2n) is 5.56. The Labute approximate surface area is 150 Å². The minimum atomic E-state index is 0.531. The number of thioether (sulfide) groups is 1. The molecule has 1 aliphatic rings. The lowest BCUT2D eigenvalue weighted by Crippen LogP contribution is -2.07. The number of nitrogens with zero attached hydrogens (tertiary/aromatic N) is 4. The van der Waals surface area contributed by atoms with Crippen molar-refractivity contribution in [3.05, 3.63) is 26.5 Å². The fourth-order valence-corrected chi connectivity index (χ4v) is 5.22. The van der Waals surface area contributed by atoms with Gasteiger partial charge in [0.1, 0.15) is 10.0 Å². The van der Waals surface area contributed by atoms with Crippen LogP contribution < -0.4 is 0 Å². The van der Waals surface area contributed by atoms with Crippen molar-refractivity contribution in [3.63, 3.8) is 0 Å². The van der Waals surface area contributed by atoms with E-state index >= 15 is 0 Å². The van der Waals surface area contributed by atoms with Gasteiger partial charge in [0.05, 0.1) is 4.88 Å². The Bertz CT molecular complexity index is 828. The molecule has 0 N–H and O–H groups in total. The van der Waals surface area contributed by atoms with Gasteiger partial charge in [-0.25, -0.2) is 0 Å². The van der Waals surface area contributed by atoms with Gasteiger partial charge in [0, 0.05) is 22.2 Å². The number of aryl methyl sites for hydroxylation is 1. The van der Waals surface area contributed by atoms with E-state index in [9.17, 15) is 0 Å². The van der Waals surface area contributed by atoms with Gasteiger partial charge in [0.15, 0.2) is 0 Å². The lowest BCUT2D eigenvalue weighted by molar-refractivity contribution is 0.466. The van der Waals surface area contributed by atoms with Gasteiger partial charge >= 0.3 is 0 Å². The molecule has 0 unspecified atom stereocenters. The molecule has 9 heteroatoms. The molecular formula is C14H13ClN4OS3. The van der Waals surface area contributed by atoms with Crippen molar-refractivity contribution in [3.8, 4) is 10.8 Å². The molecule has 0 aromatic carbocycles. The minimum absolute atomic E-state index is 0.531. The van der Waals surface area contributed by atoms with Crippen LogP contribution in [0.2, 0.25) is 4.34 Å². The van der Waals surface area contributed by atoms with Gasteiger partial charge in [-0.1, -0.05) is 34.8 Å². The third kappa shape index (κ3) is 3.31. The summed E-state index contributed by atoms with van der Waals surface area (Å²) in [5, 5.41) is 12.8.